The maximum atomic E-state index is 12.4. The van der Waals surface area contributed by atoms with Crippen molar-refractivity contribution in [3.8, 4) is 0 Å². The van der Waals surface area contributed by atoms with Crippen LogP contribution >= 0.6 is 11.3 Å². The highest BCUT2D eigenvalue weighted by Crippen LogP contribution is 2.29. The van der Waals surface area contributed by atoms with Crippen LogP contribution in [0.15, 0.2) is 24.3 Å². The van der Waals surface area contributed by atoms with Gasteiger partial charge in [-0.2, -0.15) is 0 Å². The number of piperazine rings is 1. The average Bonchev–Trinajstić information content (AvgIpc) is 3.03. The zero-order chi connectivity index (χ0) is 16.2. The first-order chi connectivity index (χ1) is 11.2. The SMILES string of the molecule is CCN(CC)CC(=O)N1CCN(c2nc3ccccc3s2)CC1. The molecule has 1 aromatic heterocycles. The quantitative estimate of drug-likeness (QED) is 0.842. The molecule has 0 N–H and O–H groups in total. The van der Waals surface area contributed by atoms with Gasteiger partial charge in [0.05, 0.1) is 16.8 Å². The monoisotopic (exact) mass is 332 g/mol. The van der Waals surface area contributed by atoms with Crippen LogP contribution in [0.3, 0.4) is 0 Å². The Bertz CT molecular complexity index is 626. The van der Waals surface area contributed by atoms with E-state index in [1.54, 1.807) is 11.3 Å². The van der Waals surface area contributed by atoms with Crippen molar-refractivity contribution < 1.29 is 4.79 Å². The molecule has 1 aliphatic rings. The van der Waals surface area contributed by atoms with Crippen molar-refractivity contribution in [1.82, 2.24) is 14.8 Å². The minimum Gasteiger partial charge on any atom is -0.345 e. The molecule has 1 aliphatic heterocycles. The smallest absolute Gasteiger partial charge is 0.236 e. The Labute approximate surface area is 141 Å². The highest BCUT2D eigenvalue weighted by Gasteiger charge is 2.23. The number of aromatic nitrogens is 1. The van der Waals surface area contributed by atoms with E-state index in [0.29, 0.717) is 6.54 Å². The van der Waals surface area contributed by atoms with Crippen LogP contribution in [0.2, 0.25) is 0 Å². The summed E-state index contributed by atoms with van der Waals surface area (Å²) in [5, 5.41) is 1.07. The van der Waals surface area contributed by atoms with E-state index in [1.165, 1.54) is 4.70 Å². The molecule has 23 heavy (non-hydrogen) atoms. The summed E-state index contributed by atoms with van der Waals surface area (Å²) in [5.41, 5.74) is 1.06. The van der Waals surface area contributed by atoms with Crippen LogP contribution in [0, 0.1) is 0 Å². The lowest BCUT2D eigenvalue weighted by Crippen LogP contribution is -2.51. The zero-order valence-electron chi connectivity index (χ0n) is 13.9. The number of hydrogen-bond acceptors (Lipinski definition) is 5. The molecule has 0 radical (unpaired) electrons. The van der Waals surface area contributed by atoms with Gasteiger partial charge in [0.2, 0.25) is 5.91 Å². The molecule has 124 valence electrons. The lowest BCUT2D eigenvalue weighted by atomic mass is 10.3. The largest absolute Gasteiger partial charge is 0.345 e. The van der Waals surface area contributed by atoms with Gasteiger partial charge in [-0.3, -0.25) is 9.69 Å². The van der Waals surface area contributed by atoms with Gasteiger partial charge >= 0.3 is 0 Å². The number of benzene rings is 1. The minimum atomic E-state index is 0.248. The summed E-state index contributed by atoms with van der Waals surface area (Å²) in [7, 11) is 0. The normalized spacial score (nSPS) is 15.6. The number of nitrogens with zero attached hydrogens (tertiary/aromatic N) is 4. The van der Waals surface area contributed by atoms with Crippen molar-refractivity contribution in [3.63, 3.8) is 0 Å². The number of para-hydroxylation sites is 1. The number of fused-ring (bicyclic) bond motifs is 1. The summed E-state index contributed by atoms with van der Waals surface area (Å²) in [5.74, 6) is 0.248. The van der Waals surface area contributed by atoms with Gasteiger partial charge in [0.25, 0.3) is 0 Å². The molecule has 5 nitrogen and oxygen atoms in total. The van der Waals surface area contributed by atoms with E-state index in [1.807, 2.05) is 17.0 Å². The van der Waals surface area contributed by atoms with Crippen LogP contribution in [-0.4, -0.2) is 66.5 Å². The van der Waals surface area contributed by atoms with Crippen LogP contribution < -0.4 is 4.90 Å². The number of rotatable bonds is 5. The molecule has 0 bridgehead atoms. The van der Waals surface area contributed by atoms with Gasteiger partial charge in [-0.05, 0) is 25.2 Å². The first kappa shape index (κ1) is 16.2. The summed E-state index contributed by atoms with van der Waals surface area (Å²) in [6, 6.07) is 8.24. The maximum Gasteiger partial charge on any atom is 0.236 e. The van der Waals surface area contributed by atoms with Crippen LogP contribution in [0.25, 0.3) is 10.2 Å². The summed E-state index contributed by atoms with van der Waals surface area (Å²) >= 11 is 1.73. The number of carbonyl (C=O) groups excluding carboxylic acids is 1. The fourth-order valence-electron chi connectivity index (χ4n) is 2.88. The van der Waals surface area contributed by atoms with Crippen molar-refractivity contribution in [2.24, 2.45) is 0 Å². The first-order valence-corrected chi connectivity index (χ1v) is 9.13. The van der Waals surface area contributed by atoms with E-state index in [0.717, 1.165) is 49.9 Å². The molecule has 0 unspecified atom stereocenters. The van der Waals surface area contributed by atoms with E-state index in [2.05, 4.69) is 35.8 Å². The third kappa shape index (κ3) is 3.64. The van der Waals surface area contributed by atoms with Crippen LogP contribution in [0.5, 0.6) is 0 Å². The number of anilines is 1. The van der Waals surface area contributed by atoms with Crippen molar-refractivity contribution in [3.05, 3.63) is 24.3 Å². The highest BCUT2D eigenvalue weighted by atomic mass is 32.1. The topological polar surface area (TPSA) is 39.7 Å². The molecule has 2 aromatic rings. The summed E-state index contributed by atoms with van der Waals surface area (Å²) in [6.45, 7) is 9.89. The zero-order valence-corrected chi connectivity index (χ0v) is 14.7. The summed E-state index contributed by atoms with van der Waals surface area (Å²) in [4.78, 5) is 23.5. The van der Waals surface area contributed by atoms with E-state index in [9.17, 15) is 4.79 Å². The highest BCUT2D eigenvalue weighted by molar-refractivity contribution is 7.22. The second-order valence-electron chi connectivity index (χ2n) is 5.79. The number of thiazole rings is 1. The van der Waals surface area contributed by atoms with Crippen LogP contribution in [0.1, 0.15) is 13.8 Å². The predicted molar refractivity (Wildman–Crippen MR) is 96.2 cm³/mol. The molecule has 1 fully saturated rings. The number of carbonyl (C=O) groups is 1. The molecule has 0 spiro atoms. The molecule has 2 heterocycles. The summed E-state index contributed by atoms with van der Waals surface area (Å²) < 4.78 is 1.22. The maximum absolute atomic E-state index is 12.4. The number of hydrogen-bond donors (Lipinski definition) is 0. The van der Waals surface area contributed by atoms with Crippen molar-refractivity contribution in [1.29, 1.82) is 0 Å². The lowest BCUT2D eigenvalue weighted by molar-refractivity contribution is -0.132. The van der Waals surface area contributed by atoms with E-state index >= 15 is 0 Å². The van der Waals surface area contributed by atoms with Gasteiger partial charge in [-0.25, -0.2) is 4.98 Å². The van der Waals surface area contributed by atoms with Crippen LogP contribution in [0.4, 0.5) is 5.13 Å². The number of likely N-dealkylation sites (N-methyl/N-ethyl adjacent to an activating group) is 1. The second-order valence-corrected chi connectivity index (χ2v) is 6.80. The average molecular weight is 332 g/mol. The molecular formula is C17H24N4OS. The molecule has 0 aliphatic carbocycles. The molecule has 1 saturated heterocycles. The minimum absolute atomic E-state index is 0.248. The van der Waals surface area contributed by atoms with Gasteiger partial charge in [-0.15, -0.1) is 0 Å². The third-order valence-electron chi connectivity index (χ3n) is 4.44. The Kier molecular flexibility index (Phi) is 5.13. The third-order valence-corrected chi connectivity index (χ3v) is 5.54. The molecule has 3 rings (SSSR count). The summed E-state index contributed by atoms with van der Waals surface area (Å²) in [6.07, 6.45) is 0. The van der Waals surface area contributed by atoms with E-state index < -0.39 is 0 Å². The molecular weight excluding hydrogens is 308 g/mol. The second kappa shape index (κ2) is 7.27. The molecule has 0 saturated carbocycles. The Morgan fingerprint density at radius 1 is 1.17 bits per heavy atom. The van der Waals surface area contributed by atoms with Crippen molar-refractivity contribution in [2.45, 2.75) is 13.8 Å². The molecule has 1 aromatic carbocycles. The van der Waals surface area contributed by atoms with Gasteiger partial charge < -0.3 is 9.80 Å². The molecule has 6 heteroatoms. The van der Waals surface area contributed by atoms with Gasteiger partial charge in [0.15, 0.2) is 5.13 Å². The van der Waals surface area contributed by atoms with Gasteiger partial charge in [-0.1, -0.05) is 37.3 Å². The Balaban J connectivity index is 1.58. The lowest BCUT2D eigenvalue weighted by Gasteiger charge is -2.35. The predicted octanol–water partition coefficient (Wildman–Crippen LogP) is 2.29. The first-order valence-electron chi connectivity index (χ1n) is 8.32. The molecule has 1 amide bonds. The van der Waals surface area contributed by atoms with Crippen LogP contribution in [-0.2, 0) is 4.79 Å². The Hall–Kier alpha value is -1.66. The van der Waals surface area contributed by atoms with Gasteiger partial charge in [0.1, 0.15) is 0 Å². The van der Waals surface area contributed by atoms with Crippen molar-refractivity contribution in [2.75, 3.05) is 50.7 Å². The number of amides is 1. The fraction of sp³-hybridized carbons (Fsp3) is 0.529. The Morgan fingerprint density at radius 2 is 1.87 bits per heavy atom. The standard InChI is InChI=1S/C17H24N4OS/c1-3-19(4-2)13-16(22)20-9-11-21(12-10-20)17-18-14-7-5-6-8-15(14)23-17/h5-8H,3-4,9-13H2,1-2H3. The Morgan fingerprint density at radius 3 is 2.52 bits per heavy atom. The molecule has 0 atom stereocenters. The van der Waals surface area contributed by atoms with Crippen molar-refractivity contribution >= 4 is 32.6 Å². The van der Waals surface area contributed by atoms with Gasteiger partial charge in [0, 0.05) is 26.2 Å². The fourth-order valence-corrected chi connectivity index (χ4v) is 3.90. The van der Waals surface area contributed by atoms with E-state index in [4.69, 9.17) is 4.98 Å². The van der Waals surface area contributed by atoms with E-state index in [-0.39, 0.29) is 5.91 Å².